The van der Waals surface area contributed by atoms with Crippen LogP contribution in [0.3, 0.4) is 0 Å². The average molecular weight is 307 g/mol. The van der Waals surface area contributed by atoms with Crippen molar-refractivity contribution in [3.8, 4) is 0 Å². The van der Waals surface area contributed by atoms with Gasteiger partial charge in [0.15, 0.2) is 0 Å². The van der Waals surface area contributed by atoms with E-state index in [1.165, 1.54) is 0 Å². The zero-order chi connectivity index (χ0) is 16.5. The fourth-order valence-corrected chi connectivity index (χ4v) is 2.12. The fourth-order valence-electron chi connectivity index (χ4n) is 2.12. The van der Waals surface area contributed by atoms with E-state index in [0.717, 1.165) is 0 Å². The number of carboxylic acids is 1. The summed E-state index contributed by atoms with van der Waals surface area (Å²) in [5, 5.41) is 12.1. The van der Waals surface area contributed by atoms with E-state index in [9.17, 15) is 9.59 Å². The number of amides is 1. The number of aromatic carboxylic acids is 1. The topological polar surface area (TPSA) is 75.6 Å². The van der Waals surface area contributed by atoms with Crippen molar-refractivity contribution in [3.63, 3.8) is 0 Å². The molecule has 122 valence electrons. The molecule has 0 aliphatic rings. The smallest absolute Gasteiger partial charge is 0.335 e. The van der Waals surface area contributed by atoms with Crippen LogP contribution in [-0.4, -0.2) is 36.2 Å². The van der Waals surface area contributed by atoms with Crippen LogP contribution in [0.15, 0.2) is 24.3 Å². The summed E-state index contributed by atoms with van der Waals surface area (Å²) in [4.78, 5) is 23.2. The second kappa shape index (κ2) is 9.20. The molecule has 0 aliphatic heterocycles. The summed E-state index contributed by atoms with van der Waals surface area (Å²) in [7, 11) is 0. The average Bonchev–Trinajstić information content (AvgIpc) is 2.49. The lowest BCUT2D eigenvalue weighted by molar-refractivity contribution is -0.122. The Morgan fingerprint density at radius 3 is 2.55 bits per heavy atom. The number of ether oxygens (including phenoxy) is 1. The van der Waals surface area contributed by atoms with Crippen LogP contribution >= 0.6 is 0 Å². The molecule has 0 radical (unpaired) electrons. The van der Waals surface area contributed by atoms with Gasteiger partial charge >= 0.3 is 5.97 Å². The van der Waals surface area contributed by atoms with Gasteiger partial charge in [0.1, 0.15) is 0 Å². The molecular weight excluding hydrogens is 282 g/mol. The molecule has 5 heteroatoms. The van der Waals surface area contributed by atoms with E-state index in [0.29, 0.717) is 25.2 Å². The zero-order valence-electron chi connectivity index (χ0n) is 13.5. The van der Waals surface area contributed by atoms with Gasteiger partial charge in [0, 0.05) is 13.0 Å². The number of nitrogens with one attached hydrogen (secondary N) is 1. The van der Waals surface area contributed by atoms with Gasteiger partial charge in [-0.3, -0.25) is 4.79 Å². The molecule has 0 bridgehead atoms. The van der Waals surface area contributed by atoms with E-state index in [4.69, 9.17) is 9.84 Å². The summed E-state index contributed by atoms with van der Waals surface area (Å²) in [5.74, 6) is -0.771. The van der Waals surface area contributed by atoms with E-state index in [2.05, 4.69) is 5.32 Å². The molecule has 2 N–H and O–H groups in total. The zero-order valence-corrected chi connectivity index (χ0v) is 13.5. The second-order valence-corrected chi connectivity index (χ2v) is 5.54. The molecule has 0 saturated carbocycles. The first-order valence-corrected chi connectivity index (χ1v) is 7.64. The highest BCUT2D eigenvalue weighted by atomic mass is 16.5. The minimum atomic E-state index is -0.965. The van der Waals surface area contributed by atoms with Crippen LogP contribution in [0.25, 0.3) is 0 Å². The highest BCUT2D eigenvalue weighted by Crippen LogP contribution is 2.11. The predicted molar refractivity (Wildman–Crippen MR) is 85.0 cm³/mol. The van der Waals surface area contributed by atoms with Crippen molar-refractivity contribution in [2.75, 3.05) is 13.2 Å². The quantitative estimate of drug-likeness (QED) is 0.735. The van der Waals surface area contributed by atoms with E-state index >= 15 is 0 Å². The SMILES string of the molecule is CCOCC(NC(=O)CCc1ccccc1C(=O)O)C(C)C. The summed E-state index contributed by atoms with van der Waals surface area (Å²) in [6.45, 7) is 7.09. The first-order chi connectivity index (χ1) is 10.5. The van der Waals surface area contributed by atoms with Gasteiger partial charge in [-0.05, 0) is 30.9 Å². The van der Waals surface area contributed by atoms with Gasteiger partial charge in [-0.2, -0.15) is 0 Å². The molecule has 1 atom stereocenters. The Kier molecular flexibility index (Phi) is 7.60. The van der Waals surface area contributed by atoms with Gasteiger partial charge in [-0.15, -0.1) is 0 Å². The molecule has 0 spiro atoms. The number of hydrogen-bond acceptors (Lipinski definition) is 3. The Labute approximate surface area is 131 Å². The van der Waals surface area contributed by atoms with Gasteiger partial charge in [0.25, 0.3) is 0 Å². The van der Waals surface area contributed by atoms with E-state index < -0.39 is 5.97 Å². The lowest BCUT2D eigenvalue weighted by atomic mass is 10.0. The molecule has 0 saturated heterocycles. The number of carboxylic acid groups (broad SMARTS) is 1. The summed E-state index contributed by atoms with van der Waals surface area (Å²) in [5.41, 5.74) is 0.932. The maximum atomic E-state index is 12.1. The second-order valence-electron chi connectivity index (χ2n) is 5.54. The highest BCUT2D eigenvalue weighted by Gasteiger charge is 2.17. The lowest BCUT2D eigenvalue weighted by Crippen LogP contribution is -2.42. The third kappa shape index (κ3) is 5.85. The monoisotopic (exact) mass is 307 g/mol. The molecule has 22 heavy (non-hydrogen) atoms. The van der Waals surface area contributed by atoms with Gasteiger partial charge in [-0.25, -0.2) is 4.79 Å². The van der Waals surface area contributed by atoms with E-state index in [1.54, 1.807) is 24.3 Å². The molecule has 0 aliphatic carbocycles. The van der Waals surface area contributed by atoms with Gasteiger partial charge in [-0.1, -0.05) is 32.0 Å². The molecule has 1 aromatic rings. The Morgan fingerprint density at radius 1 is 1.27 bits per heavy atom. The minimum Gasteiger partial charge on any atom is -0.478 e. The van der Waals surface area contributed by atoms with Crippen molar-refractivity contribution in [1.82, 2.24) is 5.32 Å². The number of carbonyl (C=O) groups excluding carboxylic acids is 1. The van der Waals surface area contributed by atoms with Crippen molar-refractivity contribution in [1.29, 1.82) is 0 Å². The van der Waals surface area contributed by atoms with Crippen LogP contribution in [0, 0.1) is 5.92 Å². The summed E-state index contributed by atoms with van der Waals surface area (Å²) in [6, 6.07) is 6.75. The first kappa shape index (κ1) is 18.2. The van der Waals surface area contributed by atoms with Crippen LogP contribution in [0.1, 0.15) is 43.1 Å². The summed E-state index contributed by atoms with van der Waals surface area (Å²) in [6.07, 6.45) is 0.674. The van der Waals surface area contributed by atoms with Crippen LogP contribution in [0.2, 0.25) is 0 Å². The van der Waals surface area contributed by atoms with Crippen LogP contribution < -0.4 is 5.32 Å². The number of benzene rings is 1. The molecule has 1 rings (SSSR count). The van der Waals surface area contributed by atoms with E-state index in [-0.39, 0.29) is 29.9 Å². The first-order valence-electron chi connectivity index (χ1n) is 7.64. The maximum absolute atomic E-state index is 12.1. The molecule has 1 amide bonds. The molecule has 0 heterocycles. The summed E-state index contributed by atoms with van der Waals surface area (Å²) >= 11 is 0. The van der Waals surface area contributed by atoms with Crippen molar-refractivity contribution in [3.05, 3.63) is 35.4 Å². The largest absolute Gasteiger partial charge is 0.478 e. The van der Waals surface area contributed by atoms with Crippen molar-refractivity contribution >= 4 is 11.9 Å². The van der Waals surface area contributed by atoms with E-state index in [1.807, 2.05) is 20.8 Å². The third-order valence-corrected chi connectivity index (χ3v) is 3.52. The van der Waals surface area contributed by atoms with Crippen molar-refractivity contribution in [2.24, 2.45) is 5.92 Å². The molecule has 5 nitrogen and oxygen atoms in total. The number of aryl methyl sites for hydroxylation is 1. The van der Waals surface area contributed by atoms with Crippen molar-refractivity contribution < 1.29 is 19.4 Å². The summed E-state index contributed by atoms with van der Waals surface area (Å²) < 4.78 is 5.38. The van der Waals surface area contributed by atoms with Gasteiger partial charge in [0.2, 0.25) is 5.91 Å². The van der Waals surface area contributed by atoms with Gasteiger partial charge < -0.3 is 15.2 Å². The number of hydrogen-bond donors (Lipinski definition) is 2. The molecule has 1 unspecified atom stereocenters. The standard InChI is InChI=1S/C17H25NO4/c1-4-22-11-15(12(2)3)18-16(19)10-9-13-7-5-6-8-14(13)17(20)21/h5-8,12,15H,4,9-11H2,1-3H3,(H,18,19)(H,20,21). The maximum Gasteiger partial charge on any atom is 0.335 e. The normalized spacial score (nSPS) is 12.2. The highest BCUT2D eigenvalue weighted by molar-refractivity contribution is 5.89. The Hall–Kier alpha value is -1.88. The molecule has 0 fully saturated rings. The van der Waals surface area contributed by atoms with Crippen LogP contribution in [-0.2, 0) is 16.0 Å². The predicted octanol–water partition coefficient (Wildman–Crippen LogP) is 2.49. The lowest BCUT2D eigenvalue weighted by Gasteiger charge is -2.22. The Bertz CT molecular complexity index is 499. The van der Waals surface area contributed by atoms with Crippen molar-refractivity contribution in [2.45, 2.75) is 39.7 Å². The number of rotatable bonds is 9. The fraction of sp³-hybridized carbons (Fsp3) is 0.529. The molecule has 1 aromatic carbocycles. The Balaban J connectivity index is 2.57. The van der Waals surface area contributed by atoms with Crippen LogP contribution in [0.4, 0.5) is 0 Å². The van der Waals surface area contributed by atoms with Gasteiger partial charge in [0.05, 0.1) is 18.2 Å². The molecular formula is C17H25NO4. The minimum absolute atomic E-state index is 0.0258. The Morgan fingerprint density at radius 2 is 1.95 bits per heavy atom. The molecule has 0 aromatic heterocycles. The number of carbonyl (C=O) groups is 2. The third-order valence-electron chi connectivity index (χ3n) is 3.52. The van der Waals surface area contributed by atoms with Crippen LogP contribution in [0.5, 0.6) is 0 Å².